The minimum Gasteiger partial charge on any atom is -0.396 e. The highest BCUT2D eigenvalue weighted by Crippen LogP contribution is 2.30. The molecule has 0 radical (unpaired) electrons. The summed E-state index contributed by atoms with van der Waals surface area (Å²) in [6, 6.07) is 10.5. The second-order valence-electron chi connectivity index (χ2n) is 6.41. The van der Waals surface area contributed by atoms with Crippen LogP contribution < -0.4 is 5.32 Å². The summed E-state index contributed by atoms with van der Waals surface area (Å²) in [5.74, 6) is 1.04. The van der Waals surface area contributed by atoms with Crippen molar-refractivity contribution in [3.63, 3.8) is 0 Å². The molecule has 3 aromatic rings. The largest absolute Gasteiger partial charge is 0.396 e. The van der Waals surface area contributed by atoms with Crippen LogP contribution in [-0.4, -0.2) is 32.9 Å². The summed E-state index contributed by atoms with van der Waals surface area (Å²) in [4.78, 5) is 4.82. The summed E-state index contributed by atoms with van der Waals surface area (Å²) >= 11 is 0. The summed E-state index contributed by atoms with van der Waals surface area (Å²) < 4.78 is 1.93. The Morgan fingerprint density at radius 3 is 2.83 bits per heavy atom. The van der Waals surface area contributed by atoms with Gasteiger partial charge in [-0.1, -0.05) is 29.8 Å². The molecule has 5 heteroatoms. The van der Waals surface area contributed by atoms with Crippen LogP contribution in [0, 0.1) is 6.92 Å². The van der Waals surface area contributed by atoms with Gasteiger partial charge in [-0.25, -0.2) is 4.98 Å². The average Bonchev–Trinajstić information content (AvgIpc) is 3.21. The quantitative estimate of drug-likeness (QED) is 0.709. The van der Waals surface area contributed by atoms with E-state index in [1.165, 1.54) is 16.8 Å². The summed E-state index contributed by atoms with van der Waals surface area (Å²) in [5.41, 5.74) is 6.64. The van der Waals surface area contributed by atoms with Crippen molar-refractivity contribution in [2.24, 2.45) is 0 Å². The van der Waals surface area contributed by atoms with Crippen LogP contribution in [0.25, 0.3) is 16.9 Å². The number of aliphatic hydroxyl groups excluding tert-OH is 1. The zero-order chi connectivity index (χ0) is 16.5. The number of benzene rings is 1. The van der Waals surface area contributed by atoms with Crippen LogP contribution in [0.4, 0.5) is 5.82 Å². The van der Waals surface area contributed by atoms with E-state index in [1.807, 2.05) is 4.52 Å². The van der Waals surface area contributed by atoms with Gasteiger partial charge in [0, 0.05) is 36.0 Å². The van der Waals surface area contributed by atoms with E-state index in [4.69, 9.17) is 15.2 Å². The fraction of sp³-hybridized carbons (Fsp3) is 0.368. The molecule has 0 unspecified atom stereocenters. The lowest BCUT2D eigenvalue weighted by Crippen LogP contribution is -2.12. The van der Waals surface area contributed by atoms with Crippen molar-refractivity contribution in [1.29, 1.82) is 0 Å². The van der Waals surface area contributed by atoms with Crippen LogP contribution in [0.15, 0.2) is 30.3 Å². The fourth-order valence-electron chi connectivity index (χ4n) is 3.32. The summed E-state index contributed by atoms with van der Waals surface area (Å²) in [5, 5.41) is 17.3. The molecule has 0 bridgehead atoms. The summed E-state index contributed by atoms with van der Waals surface area (Å²) in [7, 11) is 0. The minimum absolute atomic E-state index is 0.192. The van der Waals surface area contributed by atoms with E-state index in [0.29, 0.717) is 0 Å². The van der Waals surface area contributed by atoms with Crippen LogP contribution in [0.5, 0.6) is 0 Å². The number of nitrogens with one attached hydrogen (secondary N) is 1. The van der Waals surface area contributed by atoms with Crippen molar-refractivity contribution < 1.29 is 5.11 Å². The molecular formula is C19H22N4O. The molecule has 0 aliphatic heterocycles. The minimum atomic E-state index is 0.192. The first-order valence-corrected chi connectivity index (χ1v) is 8.59. The molecule has 0 spiro atoms. The highest BCUT2D eigenvalue weighted by atomic mass is 16.3. The lowest BCUT2D eigenvalue weighted by atomic mass is 10.1. The van der Waals surface area contributed by atoms with Crippen LogP contribution in [0.3, 0.4) is 0 Å². The molecule has 0 fully saturated rings. The number of aryl methyl sites for hydroxylation is 2. The Morgan fingerprint density at radius 2 is 2.04 bits per heavy atom. The number of nitrogens with zero attached hydrogens (tertiary/aromatic N) is 3. The number of hydrogen-bond acceptors (Lipinski definition) is 4. The topological polar surface area (TPSA) is 62.5 Å². The second kappa shape index (κ2) is 6.24. The van der Waals surface area contributed by atoms with Crippen LogP contribution in [0.2, 0.25) is 0 Å². The number of fused-ring (bicyclic) bond motifs is 2. The van der Waals surface area contributed by atoms with Gasteiger partial charge in [0.1, 0.15) is 5.82 Å². The monoisotopic (exact) mass is 322 g/mol. The van der Waals surface area contributed by atoms with Gasteiger partial charge in [0.15, 0.2) is 5.65 Å². The van der Waals surface area contributed by atoms with Crippen molar-refractivity contribution in [2.75, 3.05) is 18.5 Å². The van der Waals surface area contributed by atoms with E-state index in [-0.39, 0.29) is 6.61 Å². The molecule has 2 heterocycles. The van der Waals surface area contributed by atoms with Gasteiger partial charge in [0.05, 0.1) is 5.69 Å². The standard InChI is InChI=1S/C19H22N4O/c1-13-6-8-14(9-7-13)17-12-18-21-16-5-2-4-15(16)19(23(18)22-17)20-10-3-11-24/h6-9,12,20,24H,2-5,10-11H2,1H3. The SMILES string of the molecule is Cc1ccc(-c2cc3nc4c(c(NCCCO)n3n2)CCC4)cc1. The highest BCUT2D eigenvalue weighted by Gasteiger charge is 2.21. The summed E-state index contributed by atoms with van der Waals surface area (Å²) in [6.45, 7) is 3.02. The average molecular weight is 322 g/mol. The smallest absolute Gasteiger partial charge is 0.158 e. The van der Waals surface area contributed by atoms with Gasteiger partial charge >= 0.3 is 0 Å². The van der Waals surface area contributed by atoms with Gasteiger partial charge in [-0.05, 0) is 32.6 Å². The number of rotatable bonds is 5. The van der Waals surface area contributed by atoms with Crippen LogP contribution in [-0.2, 0) is 12.8 Å². The molecule has 2 aromatic heterocycles. The Morgan fingerprint density at radius 1 is 1.21 bits per heavy atom. The molecule has 0 amide bonds. The molecule has 2 N–H and O–H groups in total. The number of aliphatic hydroxyl groups is 1. The maximum atomic E-state index is 9.05. The first-order valence-electron chi connectivity index (χ1n) is 8.59. The Bertz CT molecular complexity index is 867. The van der Waals surface area contributed by atoms with Crippen molar-refractivity contribution in [1.82, 2.24) is 14.6 Å². The predicted octanol–water partition coefficient (Wildman–Crippen LogP) is 2.99. The van der Waals surface area contributed by atoms with Crippen molar-refractivity contribution in [3.05, 3.63) is 47.2 Å². The number of anilines is 1. The van der Waals surface area contributed by atoms with Crippen molar-refractivity contribution >= 4 is 11.5 Å². The molecule has 0 saturated heterocycles. The van der Waals surface area contributed by atoms with Gasteiger partial charge in [-0.15, -0.1) is 0 Å². The molecule has 1 aromatic carbocycles. The lowest BCUT2D eigenvalue weighted by molar-refractivity contribution is 0.292. The molecule has 4 rings (SSSR count). The molecule has 24 heavy (non-hydrogen) atoms. The van der Waals surface area contributed by atoms with E-state index in [2.05, 4.69) is 42.6 Å². The Labute approximate surface area is 141 Å². The number of hydrogen-bond donors (Lipinski definition) is 2. The third-order valence-corrected chi connectivity index (χ3v) is 4.60. The predicted molar refractivity (Wildman–Crippen MR) is 95.4 cm³/mol. The third-order valence-electron chi connectivity index (χ3n) is 4.60. The van der Waals surface area contributed by atoms with Crippen molar-refractivity contribution in [3.8, 4) is 11.3 Å². The molecule has 0 saturated carbocycles. The van der Waals surface area contributed by atoms with E-state index >= 15 is 0 Å². The zero-order valence-corrected chi connectivity index (χ0v) is 13.9. The maximum absolute atomic E-state index is 9.05. The molecule has 5 nitrogen and oxygen atoms in total. The van der Waals surface area contributed by atoms with Gasteiger partial charge in [-0.2, -0.15) is 9.61 Å². The highest BCUT2D eigenvalue weighted by molar-refractivity contribution is 5.67. The number of aromatic nitrogens is 3. The first kappa shape index (κ1) is 15.1. The van der Waals surface area contributed by atoms with Gasteiger partial charge in [0.25, 0.3) is 0 Å². The molecular weight excluding hydrogens is 300 g/mol. The molecule has 1 aliphatic rings. The Kier molecular flexibility index (Phi) is 3.94. The van der Waals surface area contributed by atoms with E-state index in [1.54, 1.807) is 0 Å². The van der Waals surface area contributed by atoms with E-state index in [9.17, 15) is 0 Å². The van der Waals surface area contributed by atoms with Crippen LogP contribution >= 0.6 is 0 Å². The Balaban J connectivity index is 1.80. The Hall–Kier alpha value is -2.40. The molecule has 0 atom stereocenters. The first-order chi connectivity index (χ1) is 11.8. The molecule has 124 valence electrons. The van der Waals surface area contributed by atoms with Gasteiger partial charge < -0.3 is 10.4 Å². The van der Waals surface area contributed by atoms with E-state index in [0.717, 1.165) is 55.0 Å². The van der Waals surface area contributed by atoms with Gasteiger partial charge in [0.2, 0.25) is 0 Å². The van der Waals surface area contributed by atoms with Gasteiger partial charge in [-0.3, -0.25) is 0 Å². The van der Waals surface area contributed by atoms with E-state index < -0.39 is 0 Å². The lowest BCUT2D eigenvalue weighted by Gasteiger charge is -2.12. The molecule has 1 aliphatic carbocycles. The summed E-state index contributed by atoms with van der Waals surface area (Å²) in [6.07, 6.45) is 3.95. The normalized spacial score (nSPS) is 13.4. The van der Waals surface area contributed by atoms with Crippen LogP contribution in [0.1, 0.15) is 29.7 Å². The third kappa shape index (κ3) is 2.65. The van der Waals surface area contributed by atoms with Crippen molar-refractivity contribution in [2.45, 2.75) is 32.6 Å². The second-order valence-corrected chi connectivity index (χ2v) is 6.41. The fourth-order valence-corrected chi connectivity index (χ4v) is 3.32. The maximum Gasteiger partial charge on any atom is 0.158 e. The zero-order valence-electron chi connectivity index (χ0n) is 13.9.